The number of nitrogens with zero attached hydrogens (tertiary/aromatic N) is 8. The van der Waals surface area contributed by atoms with Gasteiger partial charge in [0.2, 0.25) is 5.91 Å². The average Bonchev–Trinajstić information content (AvgIpc) is 3.89. The van der Waals surface area contributed by atoms with Gasteiger partial charge in [0.05, 0.1) is 17.1 Å². The standard InChI is InChI=1S/C36H36FN9O/c1-24(45-15-10-26(11-16-45)25-3-5-27(6-4-25)34-39-23-43(2)42-34)21-44-17-12-36(22-44)13-18-46(35(36)47)28-7-8-32-30(19-28)33(41-40-32)29-9-14-38-20-31(29)37/h3-10,14,19-20,23H,1,11-13,15-18,21-22H2,2H3,(H,40,41)/t36-/m0/s1. The predicted molar refractivity (Wildman–Crippen MR) is 179 cm³/mol. The molecule has 0 radical (unpaired) electrons. The number of benzene rings is 2. The minimum absolute atomic E-state index is 0.167. The third-order valence-electron chi connectivity index (χ3n) is 10.0. The first-order valence-corrected chi connectivity index (χ1v) is 16.1. The van der Waals surface area contributed by atoms with Crippen LogP contribution in [-0.4, -0.2) is 84.9 Å². The number of anilines is 1. The Hall–Kier alpha value is -5.16. The van der Waals surface area contributed by atoms with Crippen LogP contribution in [0.4, 0.5) is 10.1 Å². The first-order valence-electron chi connectivity index (χ1n) is 16.1. The van der Waals surface area contributed by atoms with Gasteiger partial charge in [-0.05, 0) is 61.2 Å². The summed E-state index contributed by atoms with van der Waals surface area (Å²) in [5.74, 6) is 0.473. The van der Waals surface area contributed by atoms with Gasteiger partial charge in [0.1, 0.15) is 12.0 Å². The van der Waals surface area contributed by atoms with Gasteiger partial charge in [-0.1, -0.05) is 36.9 Å². The lowest BCUT2D eigenvalue weighted by Crippen LogP contribution is -2.38. The topological polar surface area (TPSA) is 99.1 Å². The molecule has 11 heteroatoms. The van der Waals surface area contributed by atoms with Crippen LogP contribution in [0.15, 0.2) is 85.6 Å². The number of carbonyl (C=O) groups is 1. The summed E-state index contributed by atoms with van der Waals surface area (Å²) in [7, 11) is 1.87. The zero-order valence-electron chi connectivity index (χ0n) is 26.4. The first-order chi connectivity index (χ1) is 22.9. The lowest BCUT2D eigenvalue weighted by Gasteiger charge is -2.32. The summed E-state index contributed by atoms with van der Waals surface area (Å²) in [6.07, 6.45) is 9.37. The van der Waals surface area contributed by atoms with Crippen LogP contribution in [0, 0.1) is 11.2 Å². The Kier molecular flexibility index (Phi) is 7.20. The SMILES string of the molecule is C=C(CN1CC[C@]2(CCN(c3ccc4[nH]nc(-c5ccncc5F)c4c3)C2=O)C1)N1CC=C(c2ccc(-c3ncn(C)n3)cc2)CC1. The molecular formula is C36H36FN9O. The Morgan fingerprint density at radius 2 is 1.89 bits per heavy atom. The Morgan fingerprint density at radius 1 is 1.06 bits per heavy atom. The van der Waals surface area contributed by atoms with E-state index in [-0.39, 0.29) is 5.91 Å². The number of pyridine rings is 1. The number of hydrogen-bond donors (Lipinski definition) is 1. The van der Waals surface area contributed by atoms with E-state index in [0.717, 1.165) is 85.7 Å². The van der Waals surface area contributed by atoms with Gasteiger partial charge < -0.3 is 9.80 Å². The van der Waals surface area contributed by atoms with Gasteiger partial charge in [-0.15, -0.1) is 0 Å². The predicted octanol–water partition coefficient (Wildman–Crippen LogP) is 5.29. The molecule has 2 aromatic carbocycles. The molecule has 47 heavy (non-hydrogen) atoms. The number of likely N-dealkylation sites (tertiary alicyclic amines) is 1. The maximum absolute atomic E-state index is 14.5. The number of halogens is 1. The third kappa shape index (κ3) is 5.30. The Balaban J connectivity index is 0.899. The molecule has 5 aromatic rings. The van der Waals surface area contributed by atoms with Crippen LogP contribution in [0.2, 0.25) is 0 Å². The summed E-state index contributed by atoms with van der Waals surface area (Å²) in [5.41, 5.74) is 6.80. The van der Waals surface area contributed by atoms with Crippen molar-refractivity contribution in [3.8, 4) is 22.6 Å². The van der Waals surface area contributed by atoms with E-state index in [1.54, 1.807) is 23.3 Å². The molecule has 1 amide bonds. The molecule has 0 bridgehead atoms. The number of nitrogens with one attached hydrogen (secondary N) is 1. The Labute approximate surface area is 272 Å². The molecular weight excluding hydrogens is 593 g/mol. The molecule has 0 unspecified atom stereocenters. The molecule has 8 rings (SSSR count). The van der Waals surface area contributed by atoms with Crippen molar-refractivity contribution in [3.63, 3.8) is 0 Å². The van der Waals surface area contributed by atoms with E-state index >= 15 is 0 Å². The number of amides is 1. The van der Waals surface area contributed by atoms with Crippen molar-refractivity contribution in [2.75, 3.05) is 44.2 Å². The molecule has 0 aliphatic carbocycles. The Morgan fingerprint density at radius 3 is 2.66 bits per heavy atom. The molecule has 1 N–H and O–H groups in total. The van der Waals surface area contributed by atoms with Crippen molar-refractivity contribution in [2.24, 2.45) is 12.5 Å². The van der Waals surface area contributed by atoms with Gasteiger partial charge in [-0.2, -0.15) is 10.2 Å². The van der Waals surface area contributed by atoms with E-state index < -0.39 is 11.2 Å². The summed E-state index contributed by atoms with van der Waals surface area (Å²) in [5, 5.41) is 12.5. The van der Waals surface area contributed by atoms with Gasteiger partial charge in [-0.3, -0.25) is 24.5 Å². The van der Waals surface area contributed by atoms with Crippen LogP contribution in [0.5, 0.6) is 0 Å². The fraction of sp³-hybridized carbons (Fsp3) is 0.306. The highest BCUT2D eigenvalue weighted by Gasteiger charge is 2.51. The monoisotopic (exact) mass is 629 g/mol. The zero-order valence-corrected chi connectivity index (χ0v) is 26.4. The molecule has 238 valence electrons. The van der Waals surface area contributed by atoms with Crippen LogP contribution in [-0.2, 0) is 11.8 Å². The van der Waals surface area contributed by atoms with Gasteiger partial charge in [0.25, 0.3) is 0 Å². The smallest absolute Gasteiger partial charge is 0.234 e. The van der Waals surface area contributed by atoms with Crippen LogP contribution >= 0.6 is 0 Å². The van der Waals surface area contributed by atoms with Gasteiger partial charge >= 0.3 is 0 Å². The maximum Gasteiger partial charge on any atom is 0.234 e. The van der Waals surface area contributed by atoms with E-state index in [4.69, 9.17) is 0 Å². The highest BCUT2D eigenvalue weighted by Crippen LogP contribution is 2.43. The molecule has 3 aliphatic rings. The second-order valence-electron chi connectivity index (χ2n) is 12.9. The summed E-state index contributed by atoms with van der Waals surface area (Å²) in [4.78, 5) is 28.8. The molecule has 1 atom stereocenters. The van der Waals surface area contributed by atoms with Gasteiger partial charge in [0, 0.05) is 73.9 Å². The summed E-state index contributed by atoms with van der Waals surface area (Å²) in [6.45, 7) is 9.22. The summed E-state index contributed by atoms with van der Waals surface area (Å²) < 4.78 is 16.3. The van der Waals surface area contributed by atoms with E-state index in [1.807, 2.05) is 30.1 Å². The number of aryl methyl sites for hydroxylation is 1. The normalized spacial score (nSPS) is 20.1. The lowest BCUT2D eigenvalue weighted by atomic mass is 9.85. The van der Waals surface area contributed by atoms with Crippen molar-refractivity contribution in [1.82, 2.24) is 39.7 Å². The second-order valence-corrected chi connectivity index (χ2v) is 12.9. The minimum atomic E-state index is -0.430. The summed E-state index contributed by atoms with van der Waals surface area (Å²) >= 11 is 0. The molecule has 0 saturated carbocycles. The zero-order chi connectivity index (χ0) is 32.1. The molecule has 3 aliphatic heterocycles. The molecule has 1 spiro atoms. The molecule has 6 heterocycles. The van der Waals surface area contributed by atoms with Gasteiger partial charge in [-0.25, -0.2) is 9.37 Å². The summed E-state index contributed by atoms with van der Waals surface area (Å²) in [6, 6.07) is 15.9. The molecule has 10 nitrogen and oxygen atoms in total. The number of fused-ring (bicyclic) bond motifs is 1. The van der Waals surface area contributed by atoms with Crippen LogP contribution in [0.3, 0.4) is 0 Å². The van der Waals surface area contributed by atoms with Crippen molar-refractivity contribution in [2.45, 2.75) is 19.3 Å². The van der Waals surface area contributed by atoms with E-state index in [9.17, 15) is 9.18 Å². The van der Waals surface area contributed by atoms with Crippen molar-refractivity contribution >= 4 is 28.1 Å². The average molecular weight is 630 g/mol. The third-order valence-corrected chi connectivity index (χ3v) is 10.0. The largest absolute Gasteiger partial charge is 0.370 e. The number of aromatic amines is 1. The first kappa shape index (κ1) is 29.3. The van der Waals surface area contributed by atoms with E-state index in [2.05, 4.69) is 72.0 Å². The van der Waals surface area contributed by atoms with Crippen LogP contribution in [0.25, 0.3) is 39.1 Å². The maximum atomic E-state index is 14.5. The van der Waals surface area contributed by atoms with Gasteiger partial charge in [0.15, 0.2) is 11.6 Å². The lowest BCUT2D eigenvalue weighted by molar-refractivity contribution is -0.125. The van der Waals surface area contributed by atoms with Crippen LogP contribution in [0.1, 0.15) is 24.8 Å². The number of aromatic nitrogens is 6. The highest BCUT2D eigenvalue weighted by atomic mass is 19.1. The number of H-pyrrole nitrogens is 1. The fourth-order valence-electron chi connectivity index (χ4n) is 7.36. The fourth-order valence-corrected chi connectivity index (χ4v) is 7.36. The molecule has 2 saturated heterocycles. The van der Waals surface area contributed by atoms with Crippen molar-refractivity contribution < 1.29 is 9.18 Å². The number of rotatable bonds is 7. The van der Waals surface area contributed by atoms with E-state index in [0.29, 0.717) is 17.8 Å². The second kappa shape index (κ2) is 11.6. The number of carbonyl (C=O) groups excluding carboxylic acids is 1. The molecule has 2 fully saturated rings. The van der Waals surface area contributed by atoms with Crippen molar-refractivity contribution in [3.05, 3.63) is 97.0 Å². The highest BCUT2D eigenvalue weighted by molar-refractivity contribution is 6.03. The van der Waals surface area contributed by atoms with Crippen LogP contribution < -0.4 is 4.90 Å². The number of hydrogen-bond acceptors (Lipinski definition) is 7. The quantitative estimate of drug-likeness (QED) is 0.261. The molecule has 3 aromatic heterocycles. The Bertz CT molecular complexity index is 2030. The van der Waals surface area contributed by atoms with Crippen molar-refractivity contribution in [1.29, 1.82) is 0 Å². The minimum Gasteiger partial charge on any atom is -0.370 e. The van der Waals surface area contributed by atoms with E-state index in [1.165, 1.54) is 17.3 Å².